The highest BCUT2D eigenvalue weighted by Gasteiger charge is 2.39. The molecule has 0 amide bonds. The summed E-state index contributed by atoms with van der Waals surface area (Å²) in [6.07, 6.45) is 4.08. The molecule has 1 aromatic heterocycles. The second-order valence-electron chi connectivity index (χ2n) is 6.92. The lowest BCUT2D eigenvalue weighted by molar-refractivity contribution is 0.0272. The van der Waals surface area contributed by atoms with Gasteiger partial charge in [-0.3, -0.25) is 4.90 Å². The standard InChI is InChI=1S/C17H28N2S/c1-12(2)10-18-11-14-4-5-16(14)19-8-6-17-15(13(19)3)7-9-20-17/h7,9,12-14,16,18H,4-6,8,10-11H2,1-3H3. The van der Waals surface area contributed by atoms with Crippen molar-refractivity contribution in [3.8, 4) is 0 Å². The van der Waals surface area contributed by atoms with E-state index in [1.807, 2.05) is 11.3 Å². The molecule has 3 rings (SSSR count). The van der Waals surface area contributed by atoms with Crippen LogP contribution in [0.15, 0.2) is 11.4 Å². The molecule has 3 unspecified atom stereocenters. The first kappa shape index (κ1) is 14.6. The molecule has 0 bridgehead atoms. The summed E-state index contributed by atoms with van der Waals surface area (Å²) in [7, 11) is 0. The summed E-state index contributed by atoms with van der Waals surface area (Å²) in [5.74, 6) is 1.63. The summed E-state index contributed by atoms with van der Waals surface area (Å²) in [5.41, 5.74) is 1.60. The van der Waals surface area contributed by atoms with Crippen molar-refractivity contribution in [3.05, 3.63) is 21.9 Å². The van der Waals surface area contributed by atoms with Crippen molar-refractivity contribution in [2.45, 2.75) is 52.1 Å². The fourth-order valence-corrected chi connectivity index (χ4v) is 4.73. The minimum Gasteiger partial charge on any atom is -0.316 e. The minimum atomic E-state index is 0.628. The number of thiophene rings is 1. The summed E-state index contributed by atoms with van der Waals surface area (Å²) in [5, 5.41) is 5.93. The van der Waals surface area contributed by atoms with Crippen LogP contribution in [0.2, 0.25) is 0 Å². The highest BCUT2D eigenvalue weighted by atomic mass is 32.1. The average molecular weight is 292 g/mol. The molecule has 1 aromatic rings. The summed E-state index contributed by atoms with van der Waals surface area (Å²) in [6, 6.07) is 3.79. The van der Waals surface area contributed by atoms with Crippen LogP contribution >= 0.6 is 11.3 Å². The maximum absolute atomic E-state index is 3.66. The van der Waals surface area contributed by atoms with Crippen molar-refractivity contribution in [2.75, 3.05) is 19.6 Å². The Labute approximate surface area is 127 Å². The second kappa shape index (κ2) is 6.17. The Morgan fingerprint density at radius 3 is 2.95 bits per heavy atom. The zero-order valence-electron chi connectivity index (χ0n) is 13.1. The number of hydrogen-bond donors (Lipinski definition) is 1. The van der Waals surface area contributed by atoms with Gasteiger partial charge in [0, 0.05) is 23.5 Å². The minimum absolute atomic E-state index is 0.628. The molecular formula is C17H28N2S. The van der Waals surface area contributed by atoms with Gasteiger partial charge in [0.15, 0.2) is 0 Å². The molecule has 1 aliphatic carbocycles. The summed E-state index contributed by atoms with van der Waals surface area (Å²) < 4.78 is 0. The summed E-state index contributed by atoms with van der Waals surface area (Å²) in [4.78, 5) is 4.41. The quantitative estimate of drug-likeness (QED) is 0.890. The monoisotopic (exact) mass is 292 g/mol. The van der Waals surface area contributed by atoms with E-state index in [0.717, 1.165) is 24.4 Å². The number of fused-ring (bicyclic) bond motifs is 1. The van der Waals surface area contributed by atoms with E-state index in [4.69, 9.17) is 0 Å². The van der Waals surface area contributed by atoms with Gasteiger partial charge in [0.1, 0.15) is 0 Å². The smallest absolute Gasteiger partial charge is 0.0334 e. The normalized spacial score (nSPS) is 30.3. The average Bonchev–Trinajstić information content (AvgIpc) is 2.85. The van der Waals surface area contributed by atoms with E-state index in [2.05, 4.69) is 42.4 Å². The first-order chi connectivity index (χ1) is 9.66. The zero-order chi connectivity index (χ0) is 14.1. The van der Waals surface area contributed by atoms with E-state index in [1.165, 1.54) is 32.4 Å². The molecule has 112 valence electrons. The lowest BCUT2D eigenvalue weighted by atomic mass is 9.76. The number of nitrogens with one attached hydrogen (secondary N) is 1. The van der Waals surface area contributed by atoms with Crippen molar-refractivity contribution < 1.29 is 0 Å². The molecule has 1 saturated carbocycles. The Kier molecular flexibility index (Phi) is 4.49. The molecule has 2 heterocycles. The second-order valence-corrected chi connectivity index (χ2v) is 7.92. The summed E-state index contributed by atoms with van der Waals surface area (Å²) in [6.45, 7) is 10.6. The van der Waals surface area contributed by atoms with E-state index in [1.54, 1.807) is 10.4 Å². The van der Waals surface area contributed by atoms with Crippen molar-refractivity contribution in [1.29, 1.82) is 0 Å². The lowest BCUT2D eigenvalue weighted by Gasteiger charge is -2.49. The van der Waals surface area contributed by atoms with E-state index in [0.29, 0.717) is 6.04 Å². The number of hydrogen-bond acceptors (Lipinski definition) is 3. The number of rotatable bonds is 5. The van der Waals surface area contributed by atoms with Gasteiger partial charge in [-0.2, -0.15) is 0 Å². The van der Waals surface area contributed by atoms with Crippen molar-refractivity contribution in [3.63, 3.8) is 0 Å². The molecule has 1 aliphatic heterocycles. The molecule has 2 nitrogen and oxygen atoms in total. The van der Waals surface area contributed by atoms with Crippen LogP contribution in [0.25, 0.3) is 0 Å². The Balaban J connectivity index is 1.57. The van der Waals surface area contributed by atoms with Crippen LogP contribution in [-0.4, -0.2) is 30.6 Å². The zero-order valence-corrected chi connectivity index (χ0v) is 13.9. The fourth-order valence-electron chi connectivity index (χ4n) is 3.77. The van der Waals surface area contributed by atoms with Crippen LogP contribution in [0.1, 0.15) is 50.1 Å². The molecule has 0 radical (unpaired) electrons. The Morgan fingerprint density at radius 2 is 2.25 bits per heavy atom. The van der Waals surface area contributed by atoms with Crippen LogP contribution in [0.3, 0.4) is 0 Å². The molecule has 0 saturated heterocycles. The number of nitrogens with zero attached hydrogens (tertiary/aromatic N) is 1. The van der Waals surface area contributed by atoms with E-state index in [-0.39, 0.29) is 0 Å². The van der Waals surface area contributed by atoms with Gasteiger partial charge < -0.3 is 5.32 Å². The molecule has 3 heteroatoms. The first-order valence-corrected chi connectivity index (χ1v) is 9.07. The Morgan fingerprint density at radius 1 is 1.40 bits per heavy atom. The predicted molar refractivity (Wildman–Crippen MR) is 87.4 cm³/mol. The Bertz CT molecular complexity index is 440. The maximum atomic E-state index is 3.66. The van der Waals surface area contributed by atoms with Gasteiger partial charge in [0.25, 0.3) is 0 Å². The molecule has 1 N–H and O–H groups in total. The van der Waals surface area contributed by atoms with Crippen LogP contribution in [0.5, 0.6) is 0 Å². The molecule has 20 heavy (non-hydrogen) atoms. The highest BCUT2D eigenvalue weighted by molar-refractivity contribution is 7.10. The predicted octanol–water partition coefficient (Wildman–Crippen LogP) is 3.69. The van der Waals surface area contributed by atoms with Crippen molar-refractivity contribution in [2.24, 2.45) is 11.8 Å². The van der Waals surface area contributed by atoms with Crippen LogP contribution in [0.4, 0.5) is 0 Å². The van der Waals surface area contributed by atoms with Crippen molar-refractivity contribution in [1.82, 2.24) is 10.2 Å². The van der Waals surface area contributed by atoms with Crippen molar-refractivity contribution >= 4 is 11.3 Å². The third-order valence-electron chi connectivity index (χ3n) is 5.09. The van der Waals surface area contributed by atoms with Gasteiger partial charge in [-0.05, 0) is 68.1 Å². The van der Waals surface area contributed by atoms with Gasteiger partial charge in [-0.15, -0.1) is 11.3 Å². The van der Waals surface area contributed by atoms with Crippen LogP contribution in [-0.2, 0) is 6.42 Å². The molecular weight excluding hydrogens is 264 g/mol. The van der Waals surface area contributed by atoms with Crippen LogP contribution in [0, 0.1) is 11.8 Å². The summed E-state index contributed by atoms with van der Waals surface area (Å²) >= 11 is 1.95. The topological polar surface area (TPSA) is 15.3 Å². The molecule has 1 fully saturated rings. The van der Waals surface area contributed by atoms with Gasteiger partial charge >= 0.3 is 0 Å². The third-order valence-corrected chi connectivity index (χ3v) is 6.08. The molecule has 3 atom stereocenters. The lowest BCUT2D eigenvalue weighted by Crippen LogP contribution is -2.53. The molecule has 0 spiro atoms. The maximum Gasteiger partial charge on any atom is 0.0334 e. The fraction of sp³-hybridized carbons (Fsp3) is 0.765. The van der Waals surface area contributed by atoms with E-state index < -0.39 is 0 Å². The van der Waals surface area contributed by atoms with E-state index in [9.17, 15) is 0 Å². The van der Waals surface area contributed by atoms with Gasteiger partial charge in [-0.25, -0.2) is 0 Å². The van der Waals surface area contributed by atoms with Gasteiger partial charge in [0.2, 0.25) is 0 Å². The molecule has 0 aromatic carbocycles. The van der Waals surface area contributed by atoms with Gasteiger partial charge in [0.05, 0.1) is 0 Å². The Hall–Kier alpha value is -0.380. The molecule has 2 aliphatic rings. The van der Waals surface area contributed by atoms with Crippen LogP contribution < -0.4 is 5.32 Å². The van der Waals surface area contributed by atoms with Gasteiger partial charge in [-0.1, -0.05) is 13.8 Å². The highest BCUT2D eigenvalue weighted by Crippen LogP contribution is 2.41. The SMILES string of the molecule is CC(C)CNCC1CCC1N1CCc2sccc2C1C. The largest absolute Gasteiger partial charge is 0.316 e. The third kappa shape index (κ3) is 2.81. The first-order valence-electron chi connectivity index (χ1n) is 8.19. The van der Waals surface area contributed by atoms with E-state index >= 15 is 0 Å².